The van der Waals surface area contributed by atoms with E-state index in [1.165, 1.54) is 5.37 Å². The van der Waals surface area contributed by atoms with E-state index in [9.17, 15) is 4.79 Å². The number of hydrogen-bond acceptors (Lipinski definition) is 3. The van der Waals surface area contributed by atoms with Crippen molar-refractivity contribution >= 4 is 29.2 Å². The molecule has 0 saturated heterocycles. The molecule has 0 heterocycles. The highest BCUT2D eigenvalue weighted by atomic mass is 32.1. The molecule has 0 amide bonds. The van der Waals surface area contributed by atoms with Gasteiger partial charge in [0.15, 0.2) is 0 Å². The van der Waals surface area contributed by atoms with Gasteiger partial charge in [0.1, 0.15) is 5.92 Å². The van der Waals surface area contributed by atoms with Crippen molar-refractivity contribution in [2.75, 3.05) is 5.73 Å². The second kappa shape index (κ2) is 4.00. The van der Waals surface area contributed by atoms with Crippen LogP contribution in [0.4, 0.5) is 5.69 Å². The van der Waals surface area contributed by atoms with Crippen molar-refractivity contribution in [3.8, 4) is 0 Å². The normalized spacial score (nSPS) is 12.0. The van der Waals surface area contributed by atoms with Gasteiger partial charge in [-0.2, -0.15) is 0 Å². The average molecular weight is 195 g/mol. The van der Waals surface area contributed by atoms with Crippen molar-refractivity contribution < 1.29 is 9.90 Å². The minimum atomic E-state index is -0.979. The zero-order valence-electron chi connectivity index (χ0n) is 6.81. The maximum atomic E-state index is 10.7. The number of anilines is 1. The predicted molar refractivity (Wildman–Crippen MR) is 54.9 cm³/mol. The van der Waals surface area contributed by atoms with Gasteiger partial charge in [0.05, 0.1) is 0 Å². The summed E-state index contributed by atoms with van der Waals surface area (Å²) in [5.41, 5.74) is 6.61. The van der Waals surface area contributed by atoms with Crippen molar-refractivity contribution in [1.82, 2.24) is 0 Å². The van der Waals surface area contributed by atoms with Gasteiger partial charge in [0.2, 0.25) is 0 Å². The topological polar surface area (TPSA) is 63.3 Å². The van der Waals surface area contributed by atoms with Crippen LogP contribution in [-0.4, -0.2) is 16.4 Å². The summed E-state index contributed by atoms with van der Waals surface area (Å²) in [4.78, 5) is 10.7. The van der Waals surface area contributed by atoms with Crippen LogP contribution in [0.2, 0.25) is 0 Å². The van der Waals surface area contributed by atoms with E-state index in [2.05, 4.69) is 12.2 Å². The maximum absolute atomic E-state index is 10.7. The summed E-state index contributed by atoms with van der Waals surface area (Å²) < 4.78 is 0. The number of benzene rings is 1. The van der Waals surface area contributed by atoms with Gasteiger partial charge in [-0.15, -0.1) is 0 Å². The van der Waals surface area contributed by atoms with Crippen molar-refractivity contribution in [1.29, 1.82) is 0 Å². The fraction of sp³-hybridized carbons (Fsp3) is 0.111. The minimum absolute atomic E-state index is 0.455. The molecule has 1 rings (SSSR count). The molecular formula is C9H9NO2S. The van der Waals surface area contributed by atoms with Crippen LogP contribution >= 0.6 is 12.2 Å². The second-order valence-corrected chi connectivity index (χ2v) is 2.85. The zero-order chi connectivity index (χ0) is 9.84. The Morgan fingerprint density at radius 1 is 1.54 bits per heavy atom. The Morgan fingerprint density at radius 2 is 2.15 bits per heavy atom. The number of carboxylic acids is 1. The standard InChI is InChI=1S/C9H9NO2S/c10-8-4-2-1-3-6(8)7(5-13)9(11)12/h1-5,7H,10H2,(H,11,12). The van der Waals surface area contributed by atoms with Crippen LogP contribution in [0.3, 0.4) is 0 Å². The SMILES string of the molecule is Nc1ccccc1C(C=S)C(=O)O. The molecule has 0 aliphatic rings. The molecule has 1 aromatic carbocycles. The summed E-state index contributed by atoms with van der Waals surface area (Å²) in [6, 6.07) is 6.81. The molecule has 0 aliphatic heterocycles. The highest BCUT2D eigenvalue weighted by molar-refractivity contribution is 7.79. The van der Waals surface area contributed by atoms with E-state index < -0.39 is 11.9 Å². The summed E-state index contributed by atoms with van der Waals surface area (Å²) in [5.74, 6) is -1.77. The van der Waals surface area contributed by atoms with Gasteiger partial charge in [-0.3, -0.25) is 4.79 Å². The van der Waals surface area contributed by atoms with Crippen molar-refractivity contribution in [3.05, 3.63) is 29.8 Å². The Kier molecular flexibility index (Phi) is 2.97. The van der Waals surface area contributed by atoms with E-state index in [-0.39, 0.29) is 0 Å². The van der Waals surface area contributed by atoms with Gasteiger partial charge < -0.3 is 10.8 Å². The lowest BCUT2D eigenvalue weighted by atomic mass is 10.00. The second-order valence-electron chi connectivity index (χ2n) is 2.58. The largest absolute Gasteiger partial charge is 0.481 e. The van der Waals surface area contributed by atoms with Gasteiger partial charge in [-0.1, -0.05) is 30.4 Å². The van der Waals surface area contributed by atoms with Crippen molar-refractivity contribution in [2.24, 2.45) is 0 Å². The minimum Gasteiger partial charge on any atom is -0.481 e. The number of nitrogen functional groups attached to an aromatic ring is 1. The number of thiocarbonyl (C=S) groups is 1. The predicted octanol–water partition coefficient (Wildman–Crippen LogP) is 1.44. The van der Waals surface area contributed by atoms with Crippen LogP contribution < -0.4 is 5.73 Å². The number of carbonyl (C=O) groups is 1. The molecule has 0 saturated carbocycles. The zero-order valence-corrected chi connectivity index (χ0v) is 7.62. The molecular weight excluding hydrogens is 186 g/mol. The highest BCUT2D eigenvalue weighted by Gasteiger charge is 2.18. The summed E-state index contributed by atoms with van der Waals surface area (Å²) >= 11 is 4.63. The monoisotopic (exact) mass is 195 g/mol. The molecule has 3 nitrogen and oxygen atoms in total. The summed E-state index contributed by atoms with van der Waals surface area (Å²) in [7, 11) is 0. The van der Waals surface area contributed by atoms with Crippen molar-refractivity contribution in [3.63, 3.8) is 0 Å². The van der Waals surface area contributed by atoms with E-state index in [4.69, 9.17) is 10.8 Å². The molecule has 0 fully saturated rings. The average Bonchev–Trinajstić information content (AvgIpc) is 2.09. The summed E-state index contributed by atoms with van der Waals surface area (Å²) in [5, 5.41) is 10.0. The first kappa shape index (κ1) is 9.67. The van der Waals surface area contributed by atoms with Gasteiger partial charge in [0, 0.05) is 5.69 Å². The smallest absolute Gasteiger partial charge is 0.315 e. The molecule has 0 bridgehead atoms. The maximum Gasteiger partial charge on any atom is 0.315 e. The molecule has 0 spiro atoms. The quantitative estimate of drug-likeness (QED) is 0.566. The van der Waals surface area contributed by atoms with E-state index in [0.29, 0.717) is 11.3 Å². The molecule has 68 valence electrons. The summed E-state index contributed by atoms with van der Waals surface area (Å²) in [6.07, 6.45) is 0. The van der Waals surface area contributed by atoms with Crippen LogP contribution in [0.25, 0.3) is 0 Å². The molecule has 0 aromatic heterocycles. The lowest BCUT2D eigenvalue weighted by molar-refractivity contribution is -0.136. The Hall–Kier alpha value is -1.42. The molecule has 0 radical (unpaired) electrons. The third kappa shape index (κ3) is 2.03. The van der Waals surface area contributed by atoms with E-state index in [1.54, 1.807) is 24.3 Å². The number of aliphatic carboxylic acids is 1. The van der Waals surface area contributed by atoms with Crippen LogP contribution in [0, 0.1) is 0 Å². The van der Waals surface area contributed by atoms with Crippen LogP contribution in [0.1, 0.15) is 11.5 Å². The van der Waals surface area contributed by atoms with E-state index >= 15 is 0 Å². The van der Waals surface area contributed by atoms with Gasteiger partial charge >= 0.3 is 5.97 Å². The van der Waals surface area contributed by atoms with Gasteiger partial charge in [-0.05, 0) is 17.0 Å². The third-order valence-electron chi connectivity index (χ3n) is 1.73. The molecule has 1 atom stereocenters. The van der Waals surface area contributed by atoms with E-state index in [1.807, 2.05) is 0 Å². The van der Waals surface area contributed by atoms with E-state index in [0.717, 1.165) is 0 Å². The number of para-hydroxylation sites is 1. The molecule has 3 N–H and O–H groups in total. The molecule has 1 aromatic rings. The number of nitrogens with two attached hydrogens (primary N) is 1. The fourth-order valence-electron chi connectivity index (χ4n) is 1.06. The molecule has 4 heteroatoms. The Morgan fingerprint density at radius 3 is 2.62 bits per heavy atom. The van der Waals surface area contributed by atoms with Gasteiger partial charge in [0.25, 0.3) is 0 Å². The Bertz CT molecular complexity index is 338. The van der Waals surface area contributed by atoms with Gasteiger partial charge in [-0.25, -0.2) is 0 Å². The number of rotatable bonds is 3. The first-order chi connectivity index (χ1) is 6.16. The Labute approximate surface area is 81.2 Å². The first-order valence-corrected chi connectivity index (χ1v) is 4.16. The Balaban J connectivity index is 3.12. The molecule has 1 unspecified atom stereocenters. The highest BCUT2D eigenvalue weighted by Crippen LogP contribution is 2.20. The van der Waals surface area contributed by atoms with Crippen LogP contribution in [0.15, 0.2) is 24.3 Å². The van der Waals surface area contributed by atoms with Crippen molar-refractivity contribution in [2.45, 2.75) is 5.92 Å². The lowest BCUT2D eigenvalue weighted by Crippen LogP contribution is -2.13. The van der Waals surface area contributed by atoms with Crippen LogP contribution in [-0.2, 0) is 4.79 Å². The number of hydrogen-bond donors (Lipinski definition) is 2. The molecule has 13 heavy (non-hydrogen) atoms. The third-order valence-corrected chi connectivity index (χ3v) is 2.01. The summed E-state index contributed by atoms with van der Waals surface area (Å²) in [6.45, 7) is 0. The van der Waals surface area contributed by atoms with Crippen LogP contribution in [0.5, 0.6) is 0 Å². The molecule has 0 aliphatic carbocycles. The number of carboxylic acid groups (broad SMARTS) is 1. The lowest BCUT2D eigenvalue weighted by Gasteiger charge is -2.08. The fourth-order valence-corrected chi connectivity index (χ4v) is 1.32. The first-order valence-electron chi connectivity index (χ1n) is 3.69.